The van der Waals surface area contributed by atoms with Crippen LogP contribution in [0.4, 0.5) is 0 Å². The maximum Gasteiger partial charge on any atom is 0.252 e. The Bertz CT molecular complexity index is 395. The molecule has 0 aliphatic rings. The van der Waals surface area contributed by atoms with Gasteiger partial charge in [-0.1, -0.05) is 41.9 Å². The smallest absolute Gasteiger partial charge is 0.252 e. The number of benzene rings is 1. The lowest BCUT2D eigenvalue weighted by molar-refractivity contribution is 0.0950. The number of nitrogens with one attached hydrogen (secondary N) is 1. The third-order valence-corrected chi connectivity index (χ3v) is 4.06. The molecule has 1 aromatic carbocycles. The molecule has 1 unspecified atom stereocenters. The van der Waals surface area contributed by atoms with Crippen molar-refractivity contribution in [2.75, 3.05) is 12.8 Å². The molecule has 0 saturated heterocycles. The Morgan fingerprint density at radius 1 is 1.39 bits per heavy atom. The van der Waals surface area contributed by atoms with E-state index in [9.17, 15) is 4.79 Å². The van der Waals surface area contributed by atoms with Crippen molar-refractivity contribution >= 4 is 33.6 Å². The number of hydrogen-bond acceptors (Lipinski definition) is 2. The molecule has 1 atom stereocenters. The van der Waals surface area contributed by atoms with Crippen molar-refractivity contribution in [2.24, 2.45) is 5.92 Å². The molecule has 4 heteroatoms. The lowest BCUT2D eigenvalue weighted by atomic mass is 10.1. The first-order chi connectivity index (χ1) is 8.54. The fraction of sp³-hybridized carbons (Fsp3) is 0.500. The van der Waals surface area contributed by atoms with Gasteiger partial charge in [0.25, 0.3) is 5.91 Å². The van der Waals surface area contributed by atoms with Crippen LogP contribution in [0.15, 0.2) is 29.2 Å². The Hall–Kier alpha value is -0.480. The summed E-state index contributed by atoms with van der Waals surface area (Å²) < 4.78 is 0. The predicted molar refractivity (Wildman–Crippen MR) is 82.7 cm³/mol. The third kappa shape index (κ3) is 5.02. The van der Waals surface area contributed by atoms with E-state index in [4.69, 9.17) is 0 Å². The average Bonchev–Trinajstić information content (AvgIpc) is 2.35. The second-order valence-corrected chi connectivity index (χ2v) is 6.78. The number of hydrogen-bond donors (Lipinski definition) is 1. The molecule has 100 valence electrons. The van der Waals surface area contributed by atoms with E-state index in [-0.39, 0.29) is 5.91 Å². The lowest BCUT2D eigenvalue weighted by Gasteiger charge is -2.14. The molecule has 1 aromatic rings. The van der Waals surface area contributed by atoms with E-state index in [1.807, 2.05) is 30.5 Å². The molecule has 0 radical (unpaired) electrons. The molecule has 2 nitrogen and oxygen atoms in total. The number of carbonyl (C=O) groups is 1. The predicted octanol–water partition coefficient (Wildman–Crippen LogP) is 3.95. The first-order valence-electron chi connectivity index (χ1n) is 6.10. The Balaban J connectivity index is 2.55. The highest BCUT2D eigenvalue weighted by molar-refractivity contribution is 9.09. The minimum Gasteiger partial charge on any atom is -0.351 e. The summed E-state index contributed by atoms with van der Waals surface area (Å²) in [4.78, 5) is 13.4. The summed E-state index contributed by atoms with van der Waals surface area (Å²) in [7, 11) is 0. The molecular weight excluding hydrogens is 310 g/mol. The van der Waals surface area contributed by atoms with Crippen molar-refractivity contribution in [3.63, 3.8) is 0 Å². The number of carbonyl (C=O) groups excluding carboxylic acids is 1. The van der Waals surface area contributed by atoms with Crippen LogP contribution in [-0.4, -0.2) is 23.5 Å². The number of thioether (sulfide) groups is 1. The second-order valence-electron chi connectivity index (χ2n) is 4.64. The standard InChI is InChI=1S/C14H20BrNOS/c1-10(2)8-11(15)9-16-14(17)12-6-4-5-7-13(12)18-3/h4-7,10-11H,8-9H2,1-3H3,(H,16,17). The van der Waals surface area contributed by atoms with Crippen LogP contribution in [0.3, 0.4) is 0 Å². The van der Waals surface area contributed by atoms with E-state index < -0.39 is 0 Å². The fourth-order valence-electron chi connectivity index (χ4n) is 1.73. The summed E-state index contributed by atoms with van der Waals surface area (Å²) in [6.45, 7) is 5.03. The molecule has 0 heterocycles. The summed E-state index contributed by atoms with van der Waals surface area (Å²) >= 11 is 5.19. The van der Waals surface area contributed by atoms with Gasteiger partial charge in [0, 0.05) is 16.3 Å². The van der Waals surface area contributed by atoms with Crippen molar-refractivity contribution in [3.8, 4) is 0 Å². The van der Waals surface area contributed by atoms with Gasteiger partial charge >= 0.3 is 0 Å². The van der Waals surface area contributed by atoms with Crippen LogP contribution < -0.4 is 5.32 Å². The van der Waals surface area contributed by atoms with E-state index in [0.29, 0.717) is 17.3 Å². The number of alkyl halides is 1. The highest BCUT2D eigenvalue weighted by atomic mass is 79.9. The van der Waals surface area contributed by atoms with Gasteiger partial charge in [-0.2, -0.15) is 0 Å². The molecule has 0 aromatic heterocycles. The number of amides is 1. The van der Waals surface area contributed by atoms with Gasteiger partial charge in [-0.25, -0.2) is 0 Å². The van der Waals surface area contributed by atoms with Crippen LogP contribution in [0.1, 0.15) is 30.6 Å². The first-order valence-corrected chi connectivity index (χ1v) is 8.24. The van der Waals surface area contributed by atoms with Gasteiger partial charge in [0.15, 0.2) is 0 Å². The molecule has 18 heavy (non-hydrogen) atoms. The molecule has 1 N–H and O–H groups in total. The van der Waals surface area contributed by atoms with Gasteiger partial charge in [-0.15, -0.1) is 11.8 Å². The van der Waals surface area contributed by atoms with Crippen molar-refractivity contribution in [2.45, 2.75) is 30.0 Å². The summed E-state index contributed by atoms with van der Waals surface area (Å²) in [5.41, 5.74) is 0.759. The van der Waals surface area contributed by atoms with Crippen molar-refractivity contribution in [1.29, 1.82) is 0 Å². The van der Waals surface area contributed by atoms with E-state index in [1.54, 1.807) is 11.8 Å². The van der Waals surface area contributed by atoms with Crippen LogP contribution in [0.25, 0.3) is 0 Å². The van der Waals surface area contributed by atoms with Crippen LogP contribution in [0, 0.1) is 5.92 Å². The van der Waals surface area contributed by atoms with Gasteiger partial charge in [-0.05, 0) is 30.7 Å². The molecule has 1 amide bonds. The Labute approximate surface area is 122 Å². The molecule has 0 saturated carbocycles. The van der Waals surface area contributed by atoms with Gasteiger partial charge < -0.3 is 5.32 Å². The van der Waals surface area contributed by atoms with E-state index in [1.165, 1.54) is 0 Å². The summed E-state index contributed by atoms with van der Waals surface area (Å²) in [6, 6.07) is 7.69. The molecular formula is C14H20BrNOS. The van der Waals surface area contributed by atoms with Gasteiger partial charge in [0.2, 0.25) is 0 Å². The highest BCUT2D eigenvalue weighted by Crippen LogP contribution is 2.19. The minimum absolute atomic E-state index is 0.00755. The van der Waals surface area contributed by atoms with Crippen molar-refractivity contribution in [3.05, 3.63) is 29.8 Å². The van der Waals surface area contributed by atoms with Crippen molar-refractivity contribution < 1.29 is 4.79 Å². The zero-order chi connectivity index (χ0) is 13.5. The number of halogens is 1. The zero-order valence-corrected chi connectivity index (χ0v) is 13.5. The molecule has 1 rings (SSSR count). The Kier molecular flexibility index (Phi) is 6.79. The molecule has 0 spiro atoms. The minimum atomic E-state index is 0.00755. The molecule has 0 fully saturated rings. The average molecular weight is 330 g/mol. The van der Waals surface area contributed by atoms with E-state index in [2.05, 4.69) is 35.1 Å². The summed E-state index contributed by atoms with van der Waals surface area (Å²) in [5, 5.41) is 2.98. The molecule has 0 aliphatic carbocycles. The number of rotatable bonds is 6. The van der Waals surface area contributed by atoms with Gasteiger partial charge in [0.1, 0.15) is 0 Å². The largest absolute Gasteiger partial charge is 0.351 e. The monoisotopic (exact) mass is 329 g/mol. The summed E-state index contributed by atoms with van der Waals surface area (Å²) in [6.07, 6.45) is 3.04. The third-order valence-electron chi connectivity index (χ3n) is 2.56. The molecule has 0 aliphatic heterocycles. The van der Waals surface area contributed by atoms with Crippen LogP contribution in [0.5, 0.6) is 0 Å². The van der Waals surface area contributed by atoms with Gasteiger partial charge in [0.05, 0.1) is 5.56 Å². The topological polar surface area (TPSA) is 29.1 Å². The highest BCUT2D eigenvalue weighted by Gasteiger charge is 2.12. The SMILES string of the molecule is CSc1ccccc1C(=O)NCC(Br)CC(C)C. The second kappa shape index (κ2) is 7.85. The zero-order valence-electron chi connectivity index (χ0n) is 11.1. The maximum absolute atomic E-state index is 12.1. The fourth-order valence-corrected chi connectivity index (χ4v) is 3.23. The van der Waals surface area contributed by atoms with Crippen LogP contribution in [-0.2, 0) is 0 Å². The Morgan fingerprint density at radius 3 is 2.67 bits per heavy atom. The lowest BCUT2D eigenvalue weighted by Crippen LogP contribution is -2.30. The van der Waals surface area contributed by atoms with E-state index >= 15 is 0 Å². The molecule has 0 bridgehead atoms. The van der Waals surface area contributed by atoms with Crippen molar-refractivity contribution in [1.82, 2.24) is 5.32 Å². The Morgan fingerprint density at radius 2 is 2.06 bits per heavy atom. The van der Waals surface area contributed by atoms with Crippen LogP contribution >= 0.6 is 27.7 Å². The summed E-state index contributed by atoms with van der Waals surface area (Å²) in [5.74, 6) is 0.637. The van der Waals surface area contributed by atoms with Gasteiger partial charge in [-0.3, -0.25) is 4.79 Å². The van der Waals surface area contributed by atoms with E-state index in [0.717, 1.165) is 16.9 Å². The normalized spacial score (nSPS) is 12.5. The first kappa shape index (κ1) is 15.6. The quantitative estimate of drug-likeness (QED) is 0.632. The van der Waals surface area contributed by atoms with Crippen LogP contribution in [0.2, 0.25) is 0 Å². The maximum atomic E-state index is 12.1.